The number of hydrogen-bond acceptors (Lipinski definition) is 4. The van der Waals surface area contributed by atoms with Crippen LogP contribution in [0.3, 0.4) is 0 Å². The van der Waals surface area contributed by atoms with Gasteiger partial charge in [-0.1, -0.05) is 5.16 Å². The monoisotopic (exact) mass is 167 g/mol. The number of rotatable bonds is 2. The van der Waals surface area contributed by atoms with Crippen LogP contribution < -0.4 is 10.6 Å². The number of aromatic nitrogens is 1. The third-order valence-electron chi connectivity index (χ3n) is 2.13. The smallest absolute Gasteiger partial charge is 0.154 e. The van der Waals surface area contributed by atoms with E-state index in [1.165, 1.54) is 5.56 Å². The van der Waals surface area contributed by atoms with Gasteiger partial charge in [0, 0.05) is 12.1 Å². The Morgan fingerprint density at radius 1 is 1.67 bits per heavy atom. The molecule has 0 atom stereocenters. The molecular formula is C8H13N3O. The van der Waals surface area contributed by atoms with Crippen LogP contribution in [-0.2, 0) is 19.5 Å². The summed E-state index contributed by atoms with van der Waals surface area (Å²) in [6.45, 7) is 2.66. The predicted octanol–water partition coefficient (Wildman–Crippen LogP) is 0.0397. The van der Waals surface area contributed by atoms with Crippen LogP contribution in [0.15, 0.2) is 4.52 Å². The molecule has 1 aliphatic heterocycles. The van der Waals surface area contributed by atoms with Crippen LogP contribution in [0.1, 0.15) is 17.0 Å². The molecule has 1 aliphatic rings. The van der Waals surface area contributed by atoms with Crippen molar-refractivity contribution in [1.82, 2.24) is 15.8 Å². The molecule has 1 aromatic rings. The molecule has 4 nitrogen and oxygen atoms in total. The molecule has 66 valence electrons. The van der Waals surface area contributed by atoms with Gasteiger partial charge in [-0.25, -0.2) is 0 Å². The van der Waals surface area contributed by atoms with Gasteiger partial charge in [0.2, 0.25) is 0 Å². The molecular weight excluding hydrogens is 154 g/mol. The summed E-state index contributed by atoms with van der Waals surface area (Å²) in [7, 11) is 1.91. The number of nitrogens with zero attached hydrogens (tertiary/aromatic N) is 1. The van der Waals surface area contributed by atoms with E-state index < -0.39 is 0 Å². The van der Waals surface area contributed by atoms with Crippen molar-refractivity contribution >= 4 is 0 Å². The standard InChI is InChI=1S/C8H13N3O/c1-9-5-8-6-2-3-10-4-7(6)11-12-8/h9-10H,2-5H2,1H3. The largest absolute Gasteiger partial charge is 0.359 e. The Balaban J connectivity index is 2.25. The van der Waals surface area contributed by atoms with Crippen molar-refractivity contribution in [2.75, 3.05) is 13.6 Å². The maximum Gasteiger partial charge on any atom is 0.154 e. The lowest BCUT2D eigenvalue weighted by Gasteiger charge is -2.10. The second kappa shape index (κ2) is 3.25. The lowest BCUT2D eigenvalue weighted by Crippen LogP contribution is -2.24. The molecule has 0 saturated carbocycles. The quantitative estimate of drug-likeness (QED) is 0.653. The molecule has 0 bridgehead atoms. The first-order valence-electron chi connectivity index (χ1n) is 4.23. The van der Waals surface area contributed by atoms with Crippen LogP contribution in [0, 0.1) is 0 Å². The van der Waals surface area contributed by atoms with Crippen molar-refractivity contribution in [3.63, 3.8) is 0 Å². The van der Waals surface area contributed by atoms with E-state index in [9.17, 15) is 0 Å². The first-order valence-corrected chi connectivity index (χ1v) is 4.23. The molecule has 2 N–H and O–H groups in total. The van der Waals surface area contributed by atoms with Gasteiger partial charge in [-0.3, -0.25) is 0 Å². The number of fused-ring (bicyclic) bond motifs is 1. The van der Waals surface area contributed by atoms with E-state index in [0.717, 1.165) is 37.5 Å². The van der Waals surface area contributed by atoms with Gasteiger partial charge in [-0.15, -0.1) is 0 Å². The van der Waals surface area contributed by atoms with Gasteiger partial charge in [-0.05, 0) is 20.0 Å². The molecule has 0 aliphatic carbocycles. The maximum atomic E-state index is 5.21. The van der Waals surface area contributed by atoms with Crippen LogP contribution >= 0.6 is 0 Å². The SMILES string of the molecule is CNCc1onc2c1CCNC2. The first-order chi connectivity index (χ1) is 5.92. The van der Waals surface area contributed by atoms with Crippen molar-refractivity contribution in [3.8, 4) is 0 Å². The lowest BCUT2D eigenvalue weighted by molar-refractivity contribution is 0.370. The molecule has 0 unspecified atom stereocenters. The Labute approximate surface area is 71.3 Å². The zero-order valence-corrected chi connectivity index (χ0v) is 7.18. The Bertz CT molecular complexity index is 269. The maximum absolute atomic E-state index is 5.21. The highest BCUT2D eigenvalue weighted by molar-refractivity contribution is 5.25. The van der Waals surface area contributed by atoms with Gasteiger partial charge in [0.05, 0.1) is 6.54 Å². The van der Waals surface area contributed by atoms with E-state index in [1.54, 1.807) is 0 Å². The second-order valence-electron chi connectivity index (χ2n) is 2.99. The molecule has 0 radical (unpaired) electrons. The van der Waals surface area contributed by atoms with Crippen LogP contribution in [0.25, 0.3) is 0 Å². The molecule has 0 aromatic carbocycles. The van der Waals surface area contributed by atoms with Gasteiger partial charge < -0.3 is 15.2 Å². The predicted molar refractivity (Wildman–Crippen MR) is 44.7 cm³/mol. The Morgan fingerprint density at radius 3 is 3.42 bits per heavy atom. The van der Waals surface area contributed by atoms with E-state index in [2.05, 4.69) is 15.8 Å². The lowest BCUT2D eigenvalue weighted by atomic mass is 10.1. The molecule has 0 fully saturated rings. The van der Waals surface area contributed by atoms with Crippen molar-refractivity contribution in [3.05, 3.63) is 17.0 Å². The minimum Gasteiger partial charge on any atom is -0.359 e. The molecule has 2 rings (SSSR count). The molecule has 1 aromatic heterocycles. The summed E-state index contributed by atoms with van der Waals surface area (Å²) in [5, 5.41) is 10.3. The third kappa shape index (κ3) is 1.23. The van der Waals surface area contributed by atoms with Gasteiger partial charge in [-0.2, -0.15) is 0 Å². The van der Waals surface area contributed by atoms with E-state index in [1.807, 2.05) is 7.05 Å². The Hall–Kier alpha value is -0.870. The highest BCUT2D eigenvalue weighted by atomic mass is 16.5. The molecule has 0 amide bonds. The Morgan fingerprint density at radius 2 is 2.58 bits per heavy atom. The Kier molecular flexibility index (Phi) is 2.10. The summed E-state index contributed by atoms with van der Waals surface area (Å²) in [4.78, 5) is 0. The van der Waals surface area contributed by atoms with Crippen molar-refractivity contribution in [1.29, 1.82) is 0 Å². The van der Waals surface area contributed by atoms with Crippen LogP contribution in [-0.4, -0.2) is 18.7 Å². The summed E-state index contributed by atoms with van der Waals surface area (Å²) in [5.74, 6) is 0.994. The van der Waals surface area contributed by atoms with Crippen molar-refractivity contribution in [2.45, 2.75) is 19.5 Å². The molecule has 0 saturated heterocycles. The fourth-order valence-corrected chi connectivity index (χ4v) is 1.52. The van der Waals surface area contributed by atoms with Crippen molar-refractivity contribution in [2.24, 2.45) is 0 Å². The van der Waals surface area contributed by atoms with Crippen LogP contribution in [0.2, 0.25) is 0 Å². The summed E-state index contributed by atoms with van der Waals surface area (Å²) in [6, 6.07) is 0. The normalized spacial score (nSPS) is 16.1. The third-order valence-corrected chi connectivity index (χ3v) is 2.13. The topological polar surface area (TPSA) is 50.1 Å². The summed E-state index contributed by atoms with van der Waals surface area (Å²) in [6.07, 6.45) is 1.04. The number of hydrogen-bond donors (Lipinski definition) is 2. The molecule has 4 heteroatoms. The molecule has 12 heavy (non-hydrogen) atoms. The van der Waals surface area contributed by atoms with E-state index >= 15 is 0 Å². The zero-order chi connectivity index (χ0) is 8.39. The first kappa shape index (κ1) is 7.76. The van der Waals surface area contributed by atoms with Crippen LogP contribution in [0.5, 0.6) is 0 Å². The average Bonchev–Trinajstić information content (AvgIpc) is 2.50. The second-order valence-corrected chi connectivity index (χ2v) is 2.99. The minimum absolute atomic E-state index is 0.780. The van der Waals surface area contributed by atoms with Gasteiger partial charge in [0.25, 0.3) is 0 Å². The van der Waals surface area contributed by atoms with Gasteiger partial charge in [0.15, 0.2) is 5.76 Å². The van der Waals surface area contributed by atoms with Gasteiger partial charge >= 0.3 is 0 Å². The van der Waals surface area contributed by atoms with Crippen LogP contribution in [0.4, 0.5) is 0 Å². The highest BCUT2D eigenvalue weighted by Crippen LogP contribution is 2.17. The summed E-state index contributed by atoms with van der Waals surface area (Å²) < 4.78 is 5.21. The van der Waals surface area contributed by atoms with Gasteiger partial charge in [0.1, 0.15) is 5.69 Å². The molecule has 0 spiro atoms. The summed E-state index contributed by atoms with van der Waals surface area (Å²) in [5.41, 5.74) is 2.37. The fraction of sp³-hybridized carbons (Fsp3) is 0.625. The van der Waals surface area contributed by atoms with E-state index in [4.69, 9.17) is 4.52 Å². The van der Waals surface area contributed by atoms with E-state index in [-0.39, 0.29) is 0 Å². The fourth-order valence-electron chi connectivity index (χ4n) is 1.52. The highest BCUT2D eigenvalue weighted by Gasteiger charge is 2.17. The van der Waals surface area contributed by atoms with E-state index in [0.29, 0.717) is 0 Å². The zero-order valence-electron chi connectivity index (χ0n) is 7.18. The van der Waals surface area contributed by atoms with Crippen molar-refractivity contribution < 1.29 is 4.52 Å². The number of nitrogens with one attached hydrogen (secondary N) is 2. The minimum atomic E-state index is 0.780. The molecule has 2 heterocycles. The average molecular weight is 167 g/mol. The summed E-state index contributed by atoms with van der Waals surface area (Å²) >= 11 is 0.